The molecule has 0 bridgehead atoms. The lowest BCUT2D eigenvalue weighted by Gasteiger charge is -2.10. The minimum atomic E-state index is -3.51. The largest absolute Gasteiger partial charge is 0.293 e. The fourth-order valence-corrected chi connectivity index (χ4v) is 2.45. The Morgan fingerprint density at radius 1 is 1.14 bits per heavy atom. The van der Waals surface area contributed by atoms with Crippen molar-refractivity contribution >= 4 is 15.8 Å². The topological polar surface area (TPSA) is 63.2 Å². The maximum atomic E-state index is 14.2. The molecule has 0 amide bonds. The molecular weight excluding hydrogens is 305 g/mol. The molecule has 2 rings (SSSR count). The fourth-order valence-electron chi connectivity index (χ4n) is 2.06. The second kappa shape index (κ2) is 6.37. The molecule has 0 saturated carbocycles. The summed E-state index contributed by atoms with van der Waals surface area (Å²) in [6.07, 6.45) is 0.947. The van der Waals surface area contributed by atoms with Crippen LogP contribution >= 0.6 is 0 Å². The van der Waals surface area contributed by atoms with Gasteiger partial charge in [0.2, 0.25) is 10.0 Å². The average Bonchev–Trinajstić information content (AvgIpc) is 2.47. The third-order valence-corrected chi connectivity index (χ3v) is 3.83. The molecule has 6 heteroatoms. The third kappa shape index (κ3) is 3.99. The zero-order valence-electron chi connectivity index (χ0n) is 12.3. The molecule has 0 aliphatic carbocycles. The van der Waals surface area contributed by atoms with Gasteiger partial charge in [0.25, 0.3) is 0 Å². The molecule has 0 atom stereocenters. The number of Topliss-reactive ketones (excluding diaryl/α,β-unsaturated/α-hetero) is 1. The number of sulfonamides is 1. The van der Waals surface area contributed by atoms with Crippen LogP contribution in [0, 0.1) is 12.7 Å². The van der Waals surface area contributed by atoms with Crippen LogP contribution in [0.1, 0.15) is 15.9 Å². The van der Waals surface area contributed by atoms with E-state index in [4.69, 9.17) is 0 Å². The molecular formula is C16H16FNO3S. The van der Waals surface area contributed by atoms with Crippen LogP contribution in [0.3, 0.4) is 0 Å². The van der Waals surface area contributed by atoms with Crippen LogP contribution < -0.4 is 4.72 Å². The van der Waals surface area contributed by atoms with Crippen molar-refractivity contribution in [1.29, 1.82) is 0 Å². The molecule has 22 heavy (non-hydrogen) atoms. The van der Waals surface area contributed by atoms with E-state index < -0.39 is 28.2 Å². The summed E-state index contributed by atoms with van der Waals surface area (Å²) < 4.78 is 38.4. The average molecular weight is 321 g/mol. The first kappa shape index (κ1) is 16.3. The highest BCUT2D eigenvalue weighted by molar-refractivity contribution is 7.88. The van der Waals surface area contributed by atoms with Gasteiger partial charge in [-0.25, -0.2) is 17.5 Å². The van der Waals surface area contributed by atoms with Gasteiger partial charge in [-0.05, 0) is 35.7 Å². The highest BCUT2D eigenvalue weighted by Crippen LogP contribution is 2.25. The summed E-state index contributed by atoms with van der Waals surface area (Å²) in [5.41, 5.74) is 1.79. The third-order valence-electron chi connectivity index (χ3n) is 3.16. The number of halogens is 1. The van der Waals surface area contributed by atoms with E-state index >= 15 is 0 Å². The van der Waals surface area contributed by atoms with Gasteiger partial charge >= 0.3 is 0 Å². The van der Waals surface area contributed by atoms with Gasteiger partial charge < -0.3 is 0 Å². The van der Waals surface area contributed by atoms with Gasteiger partial charge in [0.05, 0.1) is 18.4 Å². The van der Waals surface area contributed by atoms with Crippen molar-refractivity contribution in [2.75, 3.05) is 12.8 Å². The zero-order chi connectivity index (χ0) is 16.3. The molecule has 0 heterocycles. The van der Waals surface area contributed by atoms with Crippen LogP contribution in [-0.2, 0) is 10.0 Å². The van der Waals surface area contributed by atoms with Crippen molar-refractivity contribution in [2.45, 2.75) is 6.92 Å². The Hall–Kier alpha value is -2.05. The number of ketones is 1. The summed E-state index contributed by atoms with van der Waals surface area (Å²) in [7, 11) is -3.51. The molecule has 0 aromatic heterocycles. The molecule has 0 saturated heterocycles. The molecule has 0 radical (unpaired) electrons. The van der Waals surface area contributed by atoms with Crippen molar-refractivity contribution in [3.05, 3.63) is 59.4 Å². The van der Waals surface area contributed by atoms with Gasteiger partial charge in [-0.3, -0.25) is 4.79 Å². The Kier molecular flexibility index (Phi) is 4.73. The van der Waals surface area contributed by atoms with Crippen molar-refractivity contribution in [3.63, 3.8) is 0 Å². The predicted molar refractivity (Wildman–Crippen MR) is 83.8 cm³/mol. The van der Waals surface area contributed by atoms with Gasteiger partial charge in [-0.15, -0.1) is 0 Å². The van der Waals surface area contributed by atoms with Gasteiger partial charge in [0, 0.05) is 0 Å². The van der Waals surface area contributed by atoms with Crippen LogP contribution in [0.15, 0.2) is 42.5 Å². The van der Waals surface area contributed by atoms with Crippen molar-refractivity contribution in [2.24, 2.45) is 0 Å². The Labute approximate surface area is 129 Å². The Morgan fingerprint density at radius 2 is 1.77 bits per heavy atom. The predicted octanol–water partition coefficient (Wildman–Crippen LogP) is 2.53. The van der Waals surface area contributed by atoms with Gasteiger partial charge in [-0.2, -0.15) is 0 Å². The standard InChI is InChI=1S/C16H16FNO3S/c1-11-8-13(12-6-4-3-5-7-12)9-14(16(11)17)15(19)10-18-22(2,20)21/h3-9,18H,10H2,1-2H3. The van der Waals surface area contributed by atoms with Crippen LogP contribution in [0.5, 0.6) is 0 Å². The summed E-state index contributed by atoms with van der Waals surface area (Å²) in [4.78, 5) is 12.1. The minimum absolute atomic E-state index is 0.116. The maximum absolute atomic E-state index is 14.2. The molecule has 1 N–H and O–H groups in total. The number of nitrogens with one attached hydrogen (secondary N) is 1. The Balaban J connectivity index is 2.39. The first-order chi connectivity index (χ1) is 10.3. The summed E-state index contributed by atoms with van der Waals surface area (Å²) in [5, 5.41) is 0. The van der Waals surface area contributed by atoms with E-state index in [1.165, 1.54) is 6.07 Å². The van der Waals surface area contributed by atoms with E-state index in [1.807, 2.05) is 30.3 Å². The number of hydrogen-bond donors (Lipinski definition) is 1. The SMILES string of the molecule is Cc1cc(-c2ccccc2)cc(C(=O)CNS(C)(=O)=O)c1F. The molecule has 0 spiro atoms. The second-order valence-electron chi connectivity index (χ2n) is 5.04. The van der Waals surface area contributed by atoms with E-state index in [1.54, 1.807) is 13.0 Å². The molecule has 2 aromatic rings. The molecule has 0 unspecified atom stereocenters. The summed E-state index contributed by atoms with van der Waals surface area (Å²) in [5.74, 6) is -1.23. The summed E-state index contributed by atoms with van der Waals surface area (Å²) in [6, 6.07) is 12.4. The zero-order valence-corrected chi connectivity index (χ0v) is 13.1. The lowest BCUT2D eigenvalue weighted by Crippen LogP contribution is -2.29. The lowest BCUT2D eigenvalue weighted by molar-refractivity contribution is 0.0993. The normalized spacial score (nSPS) is 11.4. The van der Waals surface area contributed by atoms with Crippen molar-refractivity contribution in [1.82, 2.24) is 4.72 Å². The van der Waals surface area contributed by atoms with E-state index in [9.17, 15) is 17.6 Å². The number of rotatable bonds is 5. The van der Waals surface area contributed by atoms with E-state index in [-0.39, 0.29) is 5.56 Å². The Bertz CT molecular complexity index is 802. The smallest absolute Gasteiger partial charge is 0.209 e. The second-order valence-corrected chi connectivity index (χ2v) is 6.87. The van der Waals surface area contributed by atoms with Gasteiger partial charge in [-0.1, -0.05) is 30.3 Å². The van der Waals surface area contributed by atoms with Crippen molar-refractivity contribution < 1.29 is 17.6 Å². The first-order valence-corrected chi connectivity index (χ1v) is 8.50. The number of carbonyl (C=O) groups is 1. The monoisotopic (exact) mass is 321 g/mol. The summed E-state index contributed by atoms with van der Waals surface area (Å²) in [6.45, 7) is 1.11. The van der Waals surface area contributed by atoms with Crippen LogP contribution in [0.4, 0.5) is 4.39 Å². The number of benzene rings is 2. The molecule has 0 aliphatic heterocycles. The maximum Gasteiger partial charge on any atom is 0.209 e. The Morgan fingerprint density at radius 3 is 2.36 bits per heavy atom. The summed E-state index contributed by atoms with van der Waals surface area (Å²) >= 11 is 0. The van der Waals surface area contributed by atoms with Crippen LogP contribution in [-0.4, -0.2) is 27.0 Å². The number of aryl methyl sites for hydroxylation is 1. The highest BCUT2D eigenvalue weighted by Gasteiger charge is 2.17. The molecule has 0 aliphatic rings. The first-order valence-electron chi connectivity index (χ1n) is 6.61. The molecule has 0 fully saturated rings. The number of hydrogen-bond acceptors (Lipinski definition) is 3. The number of carbonyl (C=O) groups excluding carboxylic acids is 1. The van der Waals surface area contributed by atoms with Gasteiger partial charge in [0.15, 0.2) is 5.78 Å². The van der Waals surface area contributed by atoms with E-state index in [0.717, 1.165) is 11.8 Å². The van der Waals surface area contributed by atoms with Gasteiger partial charge in [0.1, 0.15) is 5.82 Å². The lowest BCUT2D eigenvalue weighted by atomic mass is 9.98. The highest BCUT2D eigenvalue weighted by atomic mass is 32.2. The molecule has 4 nitrogen and oxygen atoms in total. The van der Waals surface area contributed by atoms with Crippen LogP contribution in [0.25, 0.3) is 11.1 Å². The van der Waals surface area contributed by atoms with Crippen LogP contribution in [0.2, 0.25) is 0 Å². The van der Waals surface area contributed by atoms with E-state index in [0.29, 0.717) is 11.1 Å². The van der Waals surface area contributed by atoms with E-state index in [2.05, 4.69) is 4.72 Å². The quantitative estimate of drug-likeness (QED) is 0.861. The van der Waals surface area contributed by atoms with Crippen molar-refractivity contribution in [3.8, 4) is 11.1 Å². The molecule has 116 valence electrons. The minimum Gasteiger partial charge on any atom is -0.293 e. The molecule has 2 aromatic carbocycles. The fraction of sp³-hybridized carbons (Fsp3) is 0.188.